The molecule has 0 fully saturated rings. The van der Waals surface area contributed by atoms with Crippen molar-refractivity contribution in [1.82, 2.24) is 0 Å². The van der Waals surface area contributed by atoms with Crippen LogP contribution in [0.5, 0.6) is 0 Å². The highest BCUT2D eigenvalue weighted by molar-refractivity contribution is 5.93. The molecule has 0 aliphatic carbocycles. The molecule has 0 unspecified atom stereocenters. The number of carbonyl (C=O) groups excluding carboxylic acids is 1. The number of anilines is 1. The van der Waals surface area contributed by atoms with Gasteiger partial charge in [0, 0.05) is 5.56 Å². The van der Waals surface area contributed by atoms with Gasteiger partial charge in [-0.05, 0) is 30.0 Å². The van der Waals surface area contributed by atoms with Gasteiger partial charge in [-0.1, -0.05) is 19.9 Å². The second-order valence-corrected chi connectivity index (χ2v) is 4.10. The van der Waals surface area contributed by atoms with E-state index in [-0.39, 0.29) is 16.5 Å². The van der Waals surface area contributed by atoms with Crippen LogP contribution in [0, 0.1) is 5.92 Å². The Labute approximate surface area is 94.0 Å². The van der Waals surface area contributed by atoms with Crippen LogP contribution >= 0.6 is 0 Å². The molecule has 1 rings (SSSR count). The molecule has 0 radical (unpaired) electrons. The third-order valence-electron chi connectivity index (χ3n) is 2.21. The van der Waals surface area contributed by atoms with Gasteiger partial charge in [-0.2, -0.15) is 0 Å². The molecule has 0 aromatic heterocycles. The van der Waals surface area contributed by atoms with E-state index >= 15 is 0 Å². The number of carbonyl (C=O) groups is 1. The summed E-state index contributed by atoms with van der Waals surface area (Å²) in [4.78, 5) is 10.9. The van der Waals surface area contributed by atoms with E-state index in [4.69, 9.17) is 16.1 Å². The van der Waals surface area contributed by atoms with E-state index in [1.807, 2.05) is 13.8 Å². The fourth-order valence-corrected chi connectivity index (χ4v) is 1.52. The monoisotopic (exact) mass is 224 g/mol. The van der Waals surface area contributed by atoms with Crippen LogP contribution in [0.1, 0.15) is 29.8 Å². The standard InChI is InChI=1S/C11H16N2O3/c1-7(2)5-8-3-4-9(11(12)14)6-10(8)13(15)16/h3-4,6-7,15-16H,5H2,1-2H3,(H2,12,14). The molecular weight excluding hydrogens is 208 g/mol. The summed E-state index contributed by atoms with van der Waals surface area (Å²) in [5, 5.41) is 18.1. The van der Waals surface area contributed by atoms with Crippen molar-refractivity contribution in [2.45, 2.75) is 20.3 Å². The highest BCUT2D eigenvalue weighted by atomic mass is 16.8. The minimum Gasteiger partial charge on any atom is -0.366 e. The normalized spacial score (nSPS) is 10.6. The lowest BCUT2D eigenvalue weighted by Gasteiger charge is -2.15. The Hall–Kier alpha value is -1.59. The van der Waals surface area contributed by atoms with Crippen molar-refractivity contribution < 1.29 is 15.2 Å². The van der Waals surface area contributed by atoms with E-state index in [2.05, 4.69) is 0 Å². The molecule has 5 heteroatoms. The number of benzene rings is 1. The van der Waals surface area contributed by atoms with Gasteiger partial charge in [-0.25, -0.2) is 0 Å². The van der Waals surface area contributed by atoms with Gasteiger partial charge in [-0.15, -0.1) is 5.23 Å². The van der Waals surface area contributed by atoms with Crippen molar-refractivity contribution in [2.24, 2.45) is 11.7 Å². The Morgan fingerprint density at radius 1 is 1.44 bits per heavy atom. The molecule has 1 amide bonds. The maximum Gasteiger partial charge on any atom is 0.248 e. The largest absolute Gasteiger partial charge is 0.366 e. The van der Waals surface area contributed by atoms with Gasteiger partial charge in [0.1, 0.15) is 0 Å². The van der Waals surface area contributed by atoms with Crippen LogP contribution in [0.15, 0.2) is 18.2 Å². The van der Waals surface area contributed by atoms with Gasteiger partial charge in [0.25, 0.3) is 0 Å². The van der Waals surface area contributed by atoms with Crippen LogP contribution in [0.2, 0.25) is 0 Å². The number of primary amides is 1. The number of amides is 1. The van der Waals surface area contributed by atoms with Crippen LogP contribution in [0.25, 0.3) is 0 Å². The van der Waals surface area contributed by atoms with Crippen molar-refractivity contribution in [2.75, 3.05) is 5.23 Å². The Morgan fingerprint density at radius 2 is 2.06 bits per heavy atom. The summed E-state index contributed by atoms with van der Waals surface area (Å²) in [5.41, 5.74) is 6.30. The summed E-state index contributed by atoms with van der Waals surface area (Å²) in [5.74, 6) is -0.225. The van der Waals surface area contributed by atoms with Crippen molar-refractivity contribution in [3.8, 4) is 0 Å². The van der Waals surface area contributed by atoms with Gasteiger partial charge >= 0.3 is 0 Å². The van der Waals surface area contributed by atoms with Gasteiger partial charge < -0.3 is 5.73 Å². The van der Waals surface area contributed by atoms with Crippen molar-refractivity contribution in [1.29, 1.82) is 0 Å². The molecule has 5 nitrogen and oxygen atoms in total. The van der Waals surface area contributed by atoms with Crippen molar-refractivity contribution in [3.63, 3.8) is 0 Å². The molecular formula is C11H16N2O3. The summed E-state index contributed by atoms with van der Waals surface area (Å²) in [6.45, 7) is 4.04. The number of hydrogen-bond donors (Lipinski definition) is 3. The Morgan fingerprint density at radius 3 is 2.50 bits per heavy atom. The maximum absolute atomic E-state index is 10.9. The zero-order valence-electron chi connectivity index (χ0n) is 9.34. The highest BCUT2D eigenvalue weighted by Crippen LogP contribution is 2.23. The second kappa shape index (κ2) is 4.96. The molecule has 0 aliphatic rings. The minimum atomic E-state index is -0.598. The zero-order chi connectivity index (χ0) is 12.3. The van der Waals surface area contributed by atoms with Gasteiger partial charge in [0.2, 0.25) is 5.91 Å². The molecule has 88 valence electrons. The van der Waals surface area contributed by atoms with Crippen LogP contribution in [0.3, 0.4) is 0 Å². The Kier molecular flexibility index (Phi) is 3.87. The molecule has 0 heterocycles. The zero-order valence-corrected chi connectivity index (χ0v) is 9.34. The van der Waals surface area contributed by atoms with E-state index in [9.17, 15) is 4.79 Å². The SMILES string of the molecule is CC(C)Cc1ccc(C(N)=O)cc1N(O)O. The van der Waals surface area contributed by atoms with Gasteiger partial charge in [0.15, 0.2) is 0 Å². The first-order chi connectivity index (χ1) is 7.41. The molecule has 0 saturated heterocycles. The molecule has 0 atom stereocenters. The van der Waals surface area contributed by atoms with E-state index in [1.165, 1.54) is 6.07 Å². The number of nitrogens with two attached hydrogens (primary N) is 1. The molecule has 4 N–H and O–H groups in total. The van der Waals surface area contributed by atoms with Gasteiger partial charge in [0.05, 0.1) is 5.69 Å². The first-order valence-corrected chi connectivity index (χ1v) is 5.02. The fraction of sp³-hybridized carbons (Fsp3) is 0.364. The van der Waals surface area contributed by atoms with Crippen molar-refractivity contribution >= 4 is 11.6 Å². The number of rotatable bonds is 4. The highest BCUT2D eigenvalue weighted by Gasteiger charge is 2.12. The Bertz CT molecular complexity index is 389. The minimum absolute atomic E-state index is 0.0180. The number of hydrogen-bond acceptors (Lipinski definition) is 4. The average molecular weight is 224 g/mol. The first kappa shape index (κ1) is 12.5. The van der Waals surface area contributed by atoms with Gasteiger partial charge in [-0.3, -0.25) is 15.2 Å². The molecule has 16 heavy (non-hydrogen) atoms. The summed E-state index contributed by atoms with van der Waals surface area (Å²) in [6, 6.07) is 4.61. The predicted octanol–water partition coefficient (Wildman–Crippen LogP) is 1.57. The third kappa shape index (κ3) is 2.95. The molecule has 1 aromatic rings. The third-order valence-corrected chi connectivity index (χ3v) is 2.21. The smallest absolute Gasteiger partial charge is 0.248 e. The predicted molar refractivity (Wildman–Crippen MR) is 59.6 cm³/mol. The summed E-state index contributed by atoms with van der Waals surface area (Å²) in [6.07, 6.45) is 0.687. The second-order valence-electron chi connectivity index (χ2n) is 4.10. The number of nitrogens with zero attached hydrogens (tertiary/aromatic N) is 1. The van der Waals surface area contributed by atoms with Crippen LogP contribution < -0.4 is 11.0 Å². The van der Waals surface area contributed by atoms with E-state index < -0.39 is 5.91 Å². The van der Waals surface area contributed by atoms with E-state index in [0.29, 0.717) is 12.3 Å². The van der Waals surface area contributed by atoms with E-state index in [1.54, 1.807) is 12.1 Å². The first-order valence-electron chi connectivity index (χ1n) is 5.02. The quantitative estimate of drug-likeness (QED) is 0.677. The summed E-state index contributed by atoms with van der Waals surface area (Å²) in [7, 11) is 0. The molecule has 0 spiro atoms. The molecule has 0 saturated carbocycles. The summed E-state index contributed by atoms with van der Waals surface area (Å²) < 4.78 is 0. The van der Waals surface area contributed by atoms with E-state index in [0.717, 1.165) is 5.56 Å². The maximum atomic E-state index is 10.9. The fourth-order valence-electron chi connectivity index (χ4n) is 1.52. The lowest BCUT2D eigenvalue weighted by atomic mass is 9.99. The summed E-state index contributed by atoms with van der Waals surface area (Å²) >= 11 is 0. The Balaban J connectivity index is 3.14. The van der Waals surface area contributed by atoms with Crippen molar-refractivity contribution in [3.05, 3.63) is 29.3 Å². The lowest BCUT2D eigenvalue weighted by Crippen LogP contribution is -2.17. The van der Waals surface area contributed by atoms with Crippen LogP contribution in [-0.2, 0) is 6.42 Å². The topological polar surface area (TPSA) is 86.8 Å². The molecule has 1 aromatic carbocycles. The van der Waals surface area contributed by atoms with Crippen LogP contribution in [-0.4, -0.2) is 16.3 Å². The lowest BCUT2D eigenvalue weighted by molar-refractivity contribution is 0.0286. The molecule has 0 aliphatic heterocycles. The average Bonchev–Trinajstić information content (AvgIpc) is 2.16. The van der Waals surface area contributed by atoms with Crippen LogP contribution in [0.4, 0.5) is 5.69 Å². The molecule has 0 bridgehead atoms.